The number of carbonyl (C=O) groups is 1. The summed E-state index contributed by atoms with van der Waals surface area (Å²) in [5, 5.41) is 2.80. The van der Waals surface area contributed by atoms with Crippen molar-refractivity contribution in [2.45, 2.75) is 26.4 Å². The van der Waals surface area contributed by atoms with E-state index in [1.807, 2.05) is 30.3 Å². The molecule has 0 saturated heterocycles. The zero-order valence-electron chi connectivity index (χ0n) is 10.2. The molecule has 0 aliphatic heterocycles. The van der Waals surface area contributed by atoms with Crippen LogP contribution in [0.2, 0.25) is 0 Å². The topological polar surface area (TPSA) is 50.4 Å². The second-order valence-corrected chi connectivity index (χ2v) is 3.80. The maximum absolute atomic E-state index is 11.3. The predicted molar refractivity (Wildman–Crippen MR) is 67.2 cm³/mol. The van der Waals surface area contributed by atoms with Crippen molar-refractivity contribution < 1.29 is 9.63 Å². The molecule has 94 valence electrons. The first kappa shape index (κ1) is 13.7. The summed E-state index contributed by atoms with van der Waals surface area (Å²) in [5.74, 6) is -0.0356. The monoisotopic (exact) mass is 236 g/mol. The zero-order valence-corrected chi connectivity index (χ0v) is 10.2. The van der Waals surface area contributed by atoms with Crippen LogP contribution in [0.5, 0.6) is 0 Å². The van der Waals surface area contributed by atoms with Crippen molar-refractivity contribution in [3.63, 3.8) is 0 Å². The van der Waals surface area contributed by atoms with Crippen molar-refractivity contribution in [3.05, 3.63) is 35.9 Å². The minimum Gasteiger partial charge on any atom is -0.355 e. The average molecular weight is 236 g/mol. The third-order valence-corrected chi connectivity index (χ3v) is 2.27. The highest BCUT2D eigenvalue weighted by Gasteiger charge is 1.99. The van der Waals surface area contributed by atoms with Crippen LogP contribution in [0.15, 0.2) is 30.3 Å². The highest BCUT2D eigenvalue weighted by molar-refractivity contribution is 5.77. The molecular weight excluding hydrogens is 216 g/mol. The van der Waals surface area contributed by atoms with Crippen LogP contribution in [0.1, 0.15) is 25.3 Å². The normalized spacial score (nSPS) is 10.2. The van der Waals surface area contributed by atoms with Crippen LogP contribution in [-0.2, 0) is 16.2 Å². The van der Waals surface area contributed by atoms with Gasteiger partial charge < -0.3 is 5.32 Å². The van der Waals surface area contributed by atoms with E-state index < -0.39 is 0 Å². The number of carbonyl (C=O) groups excluding carboxylic acids is 1. The molecule has 0 radical (unpaired) electrons. The van der Waals surface area contributed by atoms with Gasteiger partial charge in [0.2, 0.25) is 5.91 Å². The van der Waals surface area contributed by atoms with E-state index in [4.69, 9.17) is 4.84 Å². The Morgan fingerprint density at radius 3 is 2.76 bits per heavy atom. The molecule has 0 fully saturated rings. The lowest BCUT2D eigenvalue weighted by Crippen LogP contribution is -2.34. The van der Waals surface area contributed by atoms with Crippen molar-refractivity contribution in [1.29, 1.82) is 0 Å². The molecule has 0 atom stereocenters. The van der Waals surface area contributed by atoms with Gasteiger partial charge in [0.05, 0.1) is 13.2 Å². The molecule has 0 aliphatic rings. The number of nitrogens with one attached hydrogen (secondary N) is 2. The Morgan fingerprint density at radius 1 is 1.29 bits per heavy atom. The molecule has 1 rings (SSSR count). The summed E-state index contributed by atoms with van der Waals surface area (Å²) >= 11 is 0. The van der Waals surface area contributed by atoms with Crippen molar-refractivity contribution in [1.82, 2.24) is 10.8 Å². The van der Waals surface area contributed by atoms with Gasteiger partial charge in [-0.3, -0.25) is 9.63 Å². The highest BCUT2D eigenvalue weighted by Crippen LogP contribution is 1.98. The van der Waals surface area contributed by atoms with Crippen LogP contribution in [-0.4, -0.2) is 19.0 Å². The second kappa shape index (κ2) is 8.73. The molecule has 4 nitrogen and oxygen atoms in total. The van der Waals surface area contributed by atoms with E-state index in [2.05, 4.69) is 17.7 Å². The van der Waals surface area contributed by atoms with Crippen molar-refractivity contribution >= 4 is 5.91 Å². The highest BCUT2D eigenvalue weighted by atomic mass is 16.6. The van der Waals surface area contributed by atoms with E-state index in [1.165, 1.54) is 0 Å². The van der Waals surface area contributed by atoms with E-state index >= 15 is 0 Å². The maximum atomic E-state index is 11.3. The van der Waals surface area contributed by atoms with Gasteiger partial charge in [0.15, 0.2) is 0 Å². The summed E-state index contributed by atoms with van der Waals surface area (Å²) in [6, 6.07) is 9.82. The molecule has 0 heterocycles. The zero-order chi connectivity index (χ0) is 12.3. The molecule has 1 aromatic rings. The van der Waals surface area contributed by atoms with Gasteiger partial charge in [0.1, 0.15) is 0 Å². The SMILES string of the molecule is CCCCNC(=O)CNOCc1ccccc1. The van der Waals surface area contributed by atoms with Gasteiger partial charge in [-0.2, -0.15) is 5.48 Å². The fraction of sp³-hybridized carbons (Fsp3) is 0.462. The predicted octanol–water partition coefficient (Wildman–Crippen LogP) is 1.62. The summed E-state index contributed by atoms with van der Waals surface area (Å²) in [6.07, 6.45) is 2.09. The van der Waals surface area contributed by atoms with Gasteiger partial charge in [-0.15, -0.1) is 0 Å². The molecule has 17 heavy (non-hydrogen) atoms. The third kappa shape index (κ3) is 6.71. The van der Waals surface area contributed by atoms with Crippen molar-refractivity contribution in [3.8, 4) is 0 Å². The number of amides is 1. The minimum atomic E-state index is -0.0356. The van der Waals surface area contributed by atoms with Crippen LogP contribution in [0.3, 0.4) is 0 Å². The second-order valence-electron chi connectivity index (χ2n) is 3.80. The van der Waals surface area contributed by atoms with Crippen molar-refractivity contribution in [2.24, 2.45) is 0 Å². The first-order valence-electron chi connectivity index (χ1n) is 5.98. The summed E-state index contributed by atoms with van der Waals surface area (Å²) in [5.41, 5.74) is 3.72. The molecular formula is C13H20N2O2. The summed E-state index contributed by atoms with van der Waals surface area (Å²) < 4.78 is 0. The van der Waals surface area contributed by atoms with E-state index in [0.29, 0.717) is 6.61 Å². The number of hydroxylamine groups is 1. The van der Waals surface area contributed by atoms with Gasteiger partial charge in [-0.05, 0) is 12.0 Å². The average Bonchev–Trinajstić information content (AvgIpc) is 2.36. The van der Waals surface area contributed by atoms with E-state index in [0.717, 1.165) is 24.9 Å². The molecule has 0 aliphatic carbocycles. The number of benzene rings is 1. The fourth-order valence-corrected chi connectivity index (χ4v) is 1.29. The van der Waals surface area contributed by atoms with Gasteiger partial charge in [-0.1, -0.05) is 43.7 Å². The third-order valence-electron chi connectivity index (χ3n) is 2.27. The number of rotatable bonds is 8. The van der Waals surface area contributed by atoms with Crippen LogP contribution in [0.4, 0.5) is 0 Å². The molecule has 2 N–H and O–H groups in total. The molecule has 0 saturated carbocycles. The quantitative estimate of drug-likeness (QED) is 0.533. The van der Waals surface area contributed by atoms with E-state index in [-0.39, 0.29) is 12.5 Å². The van der Waals surface area contributed by atoms with E-state index in [9.17, 15) is 4.79 Å². The Labute approximate surface area is 102 Å². The molecule has 0 aromatic heterocycles. The number of unbranched alkanes of at least 4 members (excludes halogenated alkanes) is 1. The molecule has 4 heteroatoms. The summed E-state index contributed by atoms with van der Waals surface area (Å²) in [4.78, 5) is 16.5. The smallest absolute Gasteiger partial charge is 0.236 e. The Balaban J connectivity index is 2.02. The molecule has 1 aromatic carbocycles. The Hall–Kier alpha value is -1.39. The lowest BCUT2D eigenvalue weighted by molar-refractivity contribution is -0.123. The Kier molecular flexibility index (Phi) is 7.02. The summed E-state index contributed by atoms with van der Waals surface area (Å²) in [7, 11) is 0. The van der Waals surface area contributed by atoms with Gasteiger partial charge in [-0.25, -0.2) is 0 Å². The lowest BCUT2D eigenvalue weighted by atomic mass is 10.2. The molecule has 0 bridgehead atoms. The van der Waals surface area contributed by atoms with Crippen LogP contribution >= 0.6 is 0 Å². The van der Waals surface area contributed by atoms with E-state index in [1.54, 1.807) is 0 Å². The first-order chi connectivity index (χ1) is 8.33. The Bertz CT molecular complexity index is 314. The van der Waals surface area contributed by atoms with Crippen LogP contribution < -0.4 is 10.8 Å². The molecule has 0 spiro atoms. The summed E-state index contributed by atoms with van der Waals surface area (Å²) in [6.45, 7) is 3.47. The molecule has 0 unspecified atom stereocenters. The van der Waals surface area contributed by atoms with Crippen LogP contribution in [0, 0.1) is 0 Å². The van der Waals surface area contributed by atoms with Gasteiger partial charge >= 0.3 is 0 Å². The standard InChI is InChI=1S/C13H20N2O2/c1-2-3-9-14-13(16)10-15-17-11-12-7-5-4-6-8-12/h4-8,15H,2-3,9-11H2,1H3,(H,14,16). The van der Waals surface area contributed by atoms with Crippen LogP contribution in [0.25, 0.3) is 0 Å². The maximum Gasteiger partial charge on any atom is 0.236 e. The van der Waals surface area contributed by atoms with Gasteiger partial charge in [0.25, 0.3) is 0 Å². The fourth-order valence-electron chi connectivity index (χ4n) is 1.29. The van der Waals surface area contributed by atoms with Crippen molar-refractivity contribution in [2.75, 3.05) is 13.1 Å². The largest absolute Gasteiger partial charge is 0.355 e. The lowest BCUT2D eigenvalue weighted by Gasteiger charge is -2.06. The first-order valence-corrected chi connectivity index (χ1v) is 5.98. The minimum absolute atomic E-state index is 0.0356. The Morgan fingerprint density at radius 2 is 2.06 bits per heavy atom. The molecule has 1 amide bonds. The number of hydrogen-bond donors (Lipinski definition) is 2. The number of hydrogen-bond acceptors (Lipinski definition) is 3. The van der Waals surface area contributed by atoms with Gasteiger partial charge in [0, 0.05) is 6.54 Å².